The number of amides is 1. The van der Waals surface area contributed by atoms with Crippen molar-refractivity contribution in [2.45, 2.75) is 57.4 Å². The molecule has 0 unspecified atom stereocenters. The van der Waals surface area contributed by atoms with Crippen LogP contribution in [0.25, 0.3) is 0 Å². The van der Waals surface area contributed by atoms with Crippen molar-refractivity contribution in [3.05, 3.63) is 30.1 Å². The minimum Gasteiger partial charge on any atom is -0.353 e. The molecule has 1 aliphatic rings. The maximum absolute atomic E-state index is 13.0. The van der Waals surface area contributed by atoms with Gasteiger partial charge in [0, 0.05) is 19.0 Å². The van der Waals surface area contributed by atoms with E-state index in [9.17, 15) is 17.6 Å². The second-order valence-corrected chi connectivity index (χ2v) is 8.58. The molecule has 2 rings (SSSR count). The fourth-order valence-corrected chi connectivity index (χ4v) is 4.17. The summed E-state index contributed by atoms with van der Waals surface area (Å²) in [5.41, 5.74) is 0.410. The molecule has 1 N–H and O–H groups in total. The number of hydrogen-bond acceptors (Lipinski definition) is 3. The van der Waals surface area contributed by atoms with Crippen LogP contribution in [-0.2, 0) is 14.8 Å². The SMILES string of the molecule is CS(=O)(=O)N(CCCC(=O)NC1CCCCCC1)c1ccc(F)cc1. The Morgan fingerprint density at radius 3 is 2.32 bits per heavy atom. The molecular formula is C18H27FN2O3S. The molecule has 0 saturated heterocycles. The molecule has 1 fully saturated rings. The maximum atomic E-state index is 13.0. The Morgan fingerprint density at radius 1 is 1.16 bits per heavy atom. The molecule has 1 saturated carbocycles. The summed E-state index contributed by atoms with van der Waals surface area (Å²) < 4.78 is 38.2. The van der Waals surface area contributed by atoms with Crippen molar-refractivity contribution in [3.8, 4) is 0 Å². The molecule has 0 atom stereocenters. The summed E-state index contributed by atoms with van der Waals surface area (Å²) in [6, 6.07) is 5.57. The number of nitrogens with zero attached hydrogens (tertiary/aromatic N) is 1. The van der Waals surface area contributed by atoms with E-state index >= 15 is 0 Å². The smallest absolute Gasteiger partial charge is 0.232 e. The van der Waals surface area contributed by atoms with E-state index in [4.69, 9.17) is 0 Å². The van der Waals surface area contributed by atoms with Crippen molar-refractivity contribution >= 4 is 21.6 Å². The number of nitrogens with one attached hydrogen (secondary N) is 1. The van der Waals surface area contributed by atoms with Crippen molar-refractivity contribution in [1.82, 2.24) is 5.32 Å². The molecule has 1 amide bonds. The van der Waals surface area contributed by atoms with E-state index in [-0.39, 0.29) is 24.9 Å². The number of hydrogen-bond donors (Lipinski definition) is 1. The number of halogens is 1. The first-order chi connectivity index (χ1) is 11.9. The number of carbonyl (C=O) groups excluding carboxylic acids is 1. The van der Waals surface area contributed by atoms with E-state index < -0.39 is 15.8 Å². The predicted octanol–water partition coefficient (Wildman–Crippen LogP) is 3.21. The van der Waals surface area contributed by atoms with Gasteiger partial charge in [0.05, 0.1) is 11.9 Å². The van der Waals surface area contributed by atoms with Gasteiger partial charge >= 0.3 is 0 Å². The van der Waals surface area contributed by atoms with Crippen LogP contribution in [0.3, 0.4) is 0 Å². The fourth-order valence-electron chi connectivity index (χ4n) is 3.20. The molecule has 0 aromatic heterocycles. The summed E-state index contributed by atoms with van der Waals surface area (Å²) in [5.74, 6) is -0.445. The minimum absolute atomic E-state index is 0.0283. The largest absolute Gasteiger partial charge is 0.353 e. The number of sulfonamides is 1. The van der Waals surface area contributed by atoms with Crippen LogP contribution in [0.2, 0.25) is 0 Å². The van der Waals surface area contributed by atoms with Crippen LogP contribution in [0.15, 0.2) is 24.3 Å². The molecule has 0 aliphatic heterocycles. The zero-order valence-electron chi connectivity index (χ0n) is 14.7. The molecule has 0 spiro atoms. The van der Waals surface area contributed by atoms with Crippen molar-refractivity contribution in [3.63, 3.8) is 0 Å². The fraction of sp³-hybridized carbons (Fsp3) is 0.611. The first-order valence-corrected chi connectivity index (χ1v) is 10.7. The highest BCUT2D eigenvalue weighted by Gasteiger charge is 2.19. The van der Waals surface area contributed by atoms with Gasteiger partial charge in [-0.3, -0.25) is 9.10 Å². The summed E-state index contributed by atoms with van der Waals surface area (Å²) in [7, 11) is -3.48. The highest BCUT2D eigenvalue weighted by molar-refractivity contribution is 7.92. The summed E-state index contributed by atoms with van der Waals surface area (Å²) in [6.45, 7) is 0.197. The van der Waals surface area contributed by atoms with Crippen molar-refractivity contribution in [2.24, 2.45) is 0 Å². The quantitative estimate of drug-likeness (QED) is 0.750. The van der Waals surface area contributed by atoms with Gasteiger partial charge in [0.15, 0.2) is 0 Å². The van der Waals surface area contributed by atoms with Gasteiger partial charge in [0.2, 0.25) is 15.9 Å². The van der Waals surface area contributed by atoms with E-state index in [1.807, 2.05) is 0 Å². The van der Waals surface area contributed by atoms with Gasteiger partial charge < -0.3 is 5.32 Å². The topological polar surface area (TPSA) is 66.5 Å². The second kappa shape index (κ2) is 9.17. The Balaban J connectivity index is 1.86. The molecule has 0 radical (unpaired) electrons. The lowest BCUT2D eigenvalue weighted by Crippen LogP contribution is -2.35. The zero-order chi connectivity index (χ0) is 18.3. The molecule has 140 valence electrons. The number of anilines is 1. The monoisotopic (exact) mass is 370 g/mol. The molecule has 5 nitrogen and oxygen atoms in total. The van der Waals surface area contributed by atoms with Crippen LogP contribution in [0.1, 0.15) is 51.4 Å². The Morgan fingerprint density at radius 2 is 1.76 bits per heavy atom. The zero-order valence-corrected chi connectivity index (χ0v) is 15.5. The minimum atomic E-state index is -3.48. The second-order valence-electron chi connectivity index (χ2n) is 6.67. The van der Waals surface area contributed by atoms with Gasteiger partial charge in [-0.05, 0) is 43.5 Å². The highest BCUT2D eigenvalue weighted by Crippen LogP contribution is 2.19. The van der Waals surface area contributed by atoms with Crippen molar-refractivity contribution in [2.75, 3.05) is 17.1 Å². The molecular weight excluding hydrogens is 343 g/mol. The summed E-state index contributed by atoms with van der Waals surface area (Å²) in [4.78, 5) is 12.1. The Labute approximate surface area is 149 Å². The van der Waals surface area contributed by atoms with E-state index in [2.05, 4.69) is 5.32 Å². The third-order valence-corrected chi connectivity index (χ3v) is 5.69. The molecule has 7 heteroatoms. The van der Waals surface area contributed by atoms with Crippen LogP contribution in [0.5, 0.6) is 0 Å². The number of rotatable bonds is 7. The van der Waals surface area contributed by atoms with E-state index in [0.717, 1.165) is 31.9 Å². The Kier molecular flexibility index (Phi) is 7.23. The van der Waals surface area contributed by atoms with Gasteiger partial charge in [-0.2, -0.15) is 0 Å². The normalized spacial score (nSPS) is 16.2. The van der Waals surface area contributed by atoms with Gasteiger partial charge in [-0.15, -0.1) is 0 Å². The molecule has 1 aromatic carbocycles. The van der Waals surface area contributed by atoms with Gasteiger partial charge in [0.1, 0.15) is 5.82 Å². The standard InChI is InChI=1S/C18H27FN2O3S/c1-25(23,24)21(17-12-10-15(19)11-13-17)14-6-9-18(22)20-16-7-4-2-3-5-8-16/h10-13,16H,2-9,14H2,1H3,(H,20,22). The van der Waals surface area contributed by atoms with Crippen LogP contribution in [0.4, 0.5) is 10.1 Å². The first kappa shape index (κ1) is 19.7. The average molecular weight is 370 g/mol. The van der Waals surface area contributed by atoms with Gasteiger partial charge in [0.25, 0.3) is 0 Å². The van der Waals surface area contributed by atoms with Crippen LogP contribution < -0.4 is 9.62 Å². The lowest BCUT2D eigenvalue weighted by Gasteiger charge is -2.22. The third-order valence-electron chi connectivity index (χ3n) is 4.50. The lowest BCUT2D eigenvalue weighted by molar-refractivity contribution is -0.121. The maximum Gasteiger partial charge on any atom is 0.232 e. The van der Waals surface area contributed by atoms with Gasteiger partial charge in [-0.1, -0.05) is 25.7 Å². The number of benzene rings is 1. The first-order valence-electron chi connectivity index (χ1n) is 8.89. The Bertz CT molecular complexity index is 653. The molecule has 0 heterocycles. The molecule has 1 aromatic rings. The average Bonchev–Trinajstić information content (AvgIpc) is 2.80. The van der Waals surface area contributed by atoms with E-state index in [0.29, 0.717) is 12.1 Å². The van der Waals surface area contributed by atoms with Crippen molar-refractivity contribution < 1.29 is 17.6 Å². The molecule has 25 heavy (non-hydrogen) atoms. The summed E-state index contributed by atoms with van der Waals surface area (Å²) in [6.07, 6.45) is 8.62. The Hall–Kier alpha value is -1.63. The predicted molar refractivity (Wildman–Crippen MR) is 97.5 cm³/mol. The summed E-state index contributed by atoms with van der Waals surface area (Å²) >= 11 is 0. The van der Waals surface area contributed by atoms with E-state index in [1.54, 1.807) is 0 Å². The molecule has 0 bridgehead atoms. The number of carbonyl (C=O) groups is 1. The van der Waals surface area contributed by atoms with Crippen LogP contribution in [0, 0.1) is 5.82 Å². The van der Waals surface area contributed by atoms with Crippen LogP contribution in [-0.4, -0.2) is 33.2 Å². The summed E-state index contributed by atoms with van der Waals surface area (Å²) in [5, 5.41) is 3.06. The van der Waals surface area contributed by atoms with Gasteiger partial charge in [-0.25, -0.2) is 12.8 Å². The van der Waals surface area contributed by atoms with Crippen molar-refractivity contribution in [1.29, 1.82) is 0 Å². The lowest BCUT2D eigenvalue weighted by atomic mass is 10.1. The third kappa shape index (κ3) is 6.65. The van der Waals surface area contributed by atoms with E-state index in [1.165, 1.54) is 41.4 Å². The molecule has 1 aliphatic carbocycles. The van der Waals surface area contributed by atoms with Crippen LogP contribution >= 0.6 is 0 Å². The highest BCUT2D eigenvalue weighted by atomic mass is 32.2.